The van der Waals surface area contributed by atoms with E-state index < -0.39 is 17.5 Å². The quantitative estimate of drug-likeness (QED) is 0.364. The maximum absolute atomic E-state index is 14.8. The third-order valence-electron chi connectivity index (χ3n) is 5.85. The Bertz CT molecular complexity index is 1080. The lowest BCUT2D eigenvalue weighted by Crippen LogP contribution is -2.02. The minimum atomic E-state index is -0.968. The molecule has 0 aliphatic heterocycles. The summed E-state index contributed by atoms with van der Waals surface area (Å²) in [4.78, 5) is 0. The van der Waals surface area contributed by atoms with Crippen LogP contribution in [0.5, 0.6) is 0 Å². The van der Waals surface area contributed by atoms with Crippen molar-refractivity contribution in [1.29, 1.82) is 0 Å². The van der Waals surface area contributed by atoms with Crippen molar-refractivity contribution in [2.45, 2.75) is 45.4 Å². The van der Waals surface area contributed by atoms with Crippen LogP contribution in [0.4, 0.5) is 13.2 Å². The number of aryl methyl sites for hydroxylation is 2. The zero-order valence-electron chi connectivity index (χ0n) is 17.2. The average molecular weight is 406 g/mol. The largest absolute Gasteiger partial charge is 0.206 e. The van der Waals surface area contributed by atoms with Crippen molar-refractivity contribution < 1.29 is 13.2 Å². The maximum Gasteiger partial charge on any atom is 0.159 e. The number of fused-ring (bicyclic) bond motifs is 1. The van der Waals surface area contributed by atoms with E-state index in [1.807, 2.05) is 6.08 Å². The molecule has 0 aromatic heterocycles. The van der Waals surface area contributed by atoms with Crippen LogP contribution in [-0.4, -0.2) is 0 Å². The van der Waals surface area contributed by atoms with E-state index in [1.165, 1.54) is 48.1 Å². The predicted octanol–water partition coefficient (Wildman–Crippen LogP) is 7.99. The summed E-state index contributed by atoms with van der Waals surface area (Å²) in [5.41, 5.74) is 6.26. The van der Waals surface area contributed by atoms with Gasteiger partial charge >= 0.3 is 0 Å². The topological polar surface area (TPSA) is 0 Å². The molecule has 0 amide bonds. The lowest BCUT2D eigenvalue weighted by atomic mass is 9.86. The summed E-state index contributed by atoms with van der Waals surface area (Å²) in [6.45, 7) is 2.21. The van der Waals surface area contributed by atoms with Gasteiger partial charge in [0.2, 0.25) is 0 Å². The molecule has 0 saturated heterocycles. The van der Waals surface area contributed by atoms with E-state index in [0.29, 0.717) is 11.1 Å². The van der Waals surface area contributed by atoms with Crippen molar-refractivity contribution in [3.8, 4) is 11.1 Å². The molecule has 1 aliphatic carbocycles. The van der Waals surface area contributed by atoms with Gasteiger partial charge in [0.05, 0.1) is 0 Å². The predicted molar refractivity (Wildman–Crippen MR) is 118 cm³/mol. The second kappa shape index (κ2) is 8.91. The molecule has 0 unspecified atom stereocenters. The van der Waals surface area contributed by atoms with Crippen LogP contribution in [0.1, 0.15) is 54.9 Å². The Balaban J connectivity index is 1.59. The Labute approximate surface area is 176 Å². The second-order valence-electron chi connectivity index (χ2n) is 7.98. The molecule has 0 radical (unpaired) electrons. The van der Waals surface area contributed by atoms with Crippen LogP contribution in [0.2, 0.25) is 0 Å². The highest BCUT2D eigenvalue weighted by Crippen LogP contribution is 2.35. The maximum atomic E-state index is 14.8. The summed E-state index contributed by atoms with van der Waals surface area (Å²) in [5, 5.41) is 0. The molecule has 30 heavy (non-hydrogen) atoms. The van der Waals surface area contributed by atoms with Crippen LogP contribution in [0.15, 0.2) is 54.6 Å². The molecule has 0 nitrogen and oxygen atoms in total. The number of halogens is 3. The van der Waals surface area contributed by atoms with E-state index in [4.69, 9.17) is 0 Å². The first-order valence-corrected chi connectivity index (χ1v) is 10.6. The molecule has 0 fully saturated rings. The Morgan fingerprint density at radius 1 is 0.733 bits per heavy atom. The van der Waals surface area contributed by atoms with Crippen molar-refractivity contribution in [2.24, 2.45) is 0 Å². The summed E-state index contributed by atoms with van der Waals surface area (Å²) in [6, 6.07) is 15.5. The smallest absolute Gasteiger partial charge is 0.159 e. The molecule has 4 rings (SSSR count). The van der Waals surface area contributed by atoms with Gasteiger partial charge in [0.15, 0.2) is 11.6 Å². The van der Waals surface area contributed by atoms with Crippen LogP contribution < -0.4 is 0 Å². The Morgan fingerprint density at radius 3 is 2.23 bits per heavy atom. The Morgan fingerprint density at radius 2 is 1.50 bits per heavy atom. The van der Waals surface area contributed by atoms with E-state index >= 15 is 0 Å². The van der Waals surface area contributed by atoms with Gasteiger partial charge in [-0.3, -0.25) is 0 Å². The fourth-order valence-corrected chi connectivity index (χ4v) is 4.09. The van der Waals surface area contributed by atoms with E-state index in [0.717, 1.165) is 42.5 Å². The van der Waals surface area contributed by atoms with Crippen LogP contribution in [0.3, 0.4) is 0 Å². The second-order valence-corrected chi connectivity index (χ2v) is 7.98. The summed E-state index contributed by atoms with van der Waals surface area (Å²) in [7, 11) is 0. The fraction of sp³-hybridized carbons (Fsp3) is 0.259. The van der Waals surface area contributed by atoms with E-state index in [9.17, 15) is 13.2 Å². The first-order valence-electron chi connectivity index (χ1n) is 10.6. The molecule has 1 aliphatic rings. The molecule has 154 valence electrons. The number of benzene rings is 3. The van der Waals surface area contributed by atoms with Crippen molar-refractivity contribution in [3.63, 3.8) is 0 Å². The van der Waals surface area contributed by atoms with Crippen LogP contribution in [0.25, 0.3) is 22.8 Å². The normalized spacial score (nSPS) is 13.1. The summed E-state index contributed by atoms with van der Waals surface area (Å²) in [6.07, 6.45) is 8.49. The molecule has 3 heteroatoms. The number of allylic oxidation sites excluding steroid dienone is 1. The number of hydrogen-bond acceptors (Lipinski definition) is 0. The lowest BCUT2D eigenvalue weighted by Gasteiger charge is -2.19. The molecule has 0 bridgehead atoms. The molecule has 0 N–H and O–H groups in total. The van der Waals surface area contributed by atoms with Gasteiger partial charge in [-0.15, -0.1) is 0 Å². The van der Waals surface area contributed by atoms with Crippen molar-refractivity contribution in [2.75, 3.05) is 0 Å². The van der Waals surface area contributed by atoms with Gasteiger partial charge in [-0.2, -0.15) is 0 Å². The van der Waals surface area contributed by atoms with Gasteiger partial charge in [-0.1, -0.05) is 56.2 Å². The minimum Gasteiger partial charge on any atom is -0.206 e. The molecule has 0 saturated carbocycles. The zero-order chi connectivity index (χ0) is 21.1. The van der Waals surface area contributed by atoms with Crippen molar-refractivity contribution in [1.82, 2.24) is 0 Å². The molecule has 0 atom stereocenters. The van der Waals surface area contributed by atoms with Gasteiger partial charge in [0, 0.05) is 5.56 Å². The first kappa shape index (κ1) is 20.5. The monoisotopic (exact) mass is 406 g/mol. The van der Waals surface area contributed by atoms with E-state index in [-0.39, 0.29) is 0 Å². The van der Waals surface area contributed by atoms with Crippen LogP contribution in [0, 0.1) is 17.5 Å². The van der Waals surface area contributed by atoms with Gasteiger partial charge < -0.3 is 0 Å². The molecule has 3 aromatic rings. The molecule has 0 heterocycles. The van der Waals surface area contributed by atoms with Gasteiger partial charge in [0.25, 0.3) is 0 Å². The van der Waals surface area contributed by atoms with E-state index in [1.54, 1.807) is 6.07 Å². The van der Waals surface area contributed by atoms with Gasteiger partial charge in [0.1, 0.15) is 5.82 Å². The number of hydrogen-bond donors (Lipinski definition) is 0. The highest BCUT2D eigenvalue weighted by molar-refractivity contribution is 5.85. The van der Waals surface area contributed by atoms with Gasteiger partial charge in [-0.05, 0) is 83.3 Å². The number of rotatable bonds is 6. The number of unbranched alkanes of at least 4 members (excludes halogenated alkanes) is 2. The highest BCUT2D eigenvalue weighted by Gasteiger charge is 2.17. The Hall–Kier alpha value is -2.81. The van der Waals surface area contributed by atoms with Crippen LogP contribution >= 0.6 is 0 Å². The minimum absolute atomic E-state index is 0.306. The van der Waals surface area contributed by atoms with Gasteiger partial charge in [-0.25, -0.2) is 13.2 Å². The van der Waals surface area contributed by atoms with Crippen LogP contribution in [-0.2, 0) is 12.8 Å². The van der Waals surface area contributed by atoms with Crippen molar-refractivity contribution >= 4 is 11.6 Å². The van der Waals surface area contributed by atoms with Crippen molar-refractivity contribution in [3.05, 3.63) is 94.3 Å². The standard InChI is InChI=1S/C27H25F3/c1-2-3-4-5-18-6-8-19(9-7-18)20-10-11-21-15-24(26(29)17-23(21)14-20)22-12-13-25(28)27(30)16-22/h6-9,12-17H,2-5,10-11H2,1H3. The first-order chi connectivity index (χ1) is 14.5. The third-order valence-corrected chi connectivity index (χ3v) is 5.85. The lowest BCUT2D eigenvalue weighted by molar-refractivity contribution is 0.509. The molecular weight excluding hydrogens is 381 g/mol. The average Bonchev–Trinajstić information content (AvgIpc) is 2.75. The fourth-order valence-electron chi connectivity index (χ4n) is 4.09. The SMILES string of the molecule is CCCCCc1ccc(C2=Cc3cc(F)c(-c4ccc(F)c(F)c4)cc3CC2)cc1. The van der Waals surface area contributed by atoms with E-state index in [2.05, 4.69) is 31.2 Å². The summed E-state index contributed by atoms with van der Waals surface area (Å²) < 4.78 is 41.6. The Kier molecular flexibility index (Phi) is 6.08. The summed E-state index contributed by atoms with van der Waals surface area (Å²) >= 11 is 0. The molecule has 3 aromatic carbocycles. The summed E-state index contributed by atoms with van der Waals surface area (Å²) in [5.74, 6) is -2.32. The molecular formula is C27H25F3. The zero-order valence-corrected chi connectivity index (χ0v) is 17.2. The molecule has 0 spiro atoms. The third kappa shape index (κ3) is 4.35. The highest BCUT2D eigenvalue weighted by atomic mass is 19.2.